The van der Waals surface area contributed by atoms with E-state index in [1.54, 1.807) is 7.11 Å². The molecule has 1 aromatic carbocycles. The van der Waals surface area contributed by atoms with E-state index in [1.165, 1.54) is 15.3 Å². The molecule has 0 aliphatic carbocycles. The van der Waals surface area contributed by atoms with Crippen molar-refractivity contribution in [3.05, 3.63) is 41.3 Å². The van der Waals surface area contributed by atoms with E-state index in [1.807, 2.05) is 30.5 Å². The molecule has 3 heteroatoms. The fourth-order valence-electron chi connectivity index (χ4n) is 1.58. The number of methoxy groups -OCH3 is 1. The topological polar surface area (TPSA) is 21.3 Å². The lowest BCUT2D eigenvalue weighted by Gasteiger charge is -2.01. The molecule has 2 aromatic rings. The molecule has 0 bridgehead atoms. The molecular formula is C13H15NOS. The Labute approximate surface area is 99.9 Å². The van der Waals surface area contributed by atoms with Crippen LogP contribution < -0.4 is 10.1 Å². The maximum Gasteiger partial charge on any atom is 0.119 e. The molecule has 0 aliphatic rings. The van der Waals surface area contributed by atoms with Crippen LogP contribution in [0.5, 0.6) is 5.75 Å². The summed E-state index contributed by atoms with van der Waals surface area (Å²) in [6, 6.07) is 12.5. The van der Waals surface area contributed by atoms with Gasteiger partial charge in [0.1, 0.15) is 5.75 Å². The molecule has 0 saturated heterocycles. The Morgan fingerprint density at radius 3 is 2.88 bits per heavy atom. The van der Waals surface area contributed by atoms with Gasteiger partial charge < -0.3 is 10.1 Å². The van der Waals surface area contributed by atoms with E-state index in [4.69, 9.17) is 4.74 Å². The molecular weight excluding hydrogens is 218 g/mol. The van der Waals surface area contributed by atoms with Crippen LogP contribution in [0.15, 0.2) is 36.4 Å². The summed E-state index contributed by atoms with van der Waals surface area (Å²) in [5.74, 6) is 0.904. The summed E-state index contributed by atoms with van der Waals surface area (Å²) in [6.45, 7) is 0.925. The Morgan fingerprint density at radius 2 is 2.12 bits per heavy atom. The third-order valence-electron chi connectivity index (χ3n) is 2.37. The first-order chi connectivity index (χ1) is 7.83. The van der Waals surface area contributed by atoms with Crippen LogP contribution in [0.1, 0.15) is 4.88 Å². The van der Waals surface area contributed by atoms with Crippen molar-refractivity contribution >= 4 is 11.3 Å². The minimum absolute atomic E-state index is 0.904. The number of nitrogens with one attached hydrogen (secondary N) is 1. The monoisotopic (exact) mass is 233 g/mol. The van der Waals surface area contributed by atoms with E-state index in [-0.39, 0.29) is 0 Å². The highest BCUT2D eigenvalue weighted by molar-refractivity contribution is 7.15. The molecule has 0 fully saturated rings. The van der Waals surface area contributed by atoms with Crippen molar-refractivity contribution in [2.24, 2.45) is 0 Å². The first-order valence-electron chi connectivity index (χ1n) is 5.21. The lowest BCUT2D eigenvalue weighted by molar-refractivity contribution is 0.415. The predicted molar refractivity (Wildman–Crippen MR) is 69.1 cm³/mol. The van der Waals surface area contributed by atoms with Gasteiger partial charge >= 0.3 is 0 Å². The van der Waals surface area contributed by atoms with E-state index < -0.39 is 0 Å². The van der Waals surface area contributed by atoms with E-state index in [0.717, 1.165) is 12.3 Å². The Kier molecular flexibility index (Phi) is 3.59. The van der Waals surface area contributed by atoms with Crippen molar-refractivity contribution < 1.29 is 4.74 Å². The maximum absolute atomic E-state index is 5.22. The molecule has 0 aliphatic heterocycles. The summed E-state index contributed by atoms with van der Waals surface area (Å²) < 4.78 is 5.22. The van der Waals surface area contributed by atoms with Crippen molar-refractivity contribution in [1.29, 1.82) is 0 Å². The lowest BCUT2D eigenvalue weighted by atomic mass is 10.2. The van der Waals surface area contributed by atoms with Crippen LogP contribution in [0, 0.1) is 0 Å². The van der Waals surface area contributed by atoms with Gasteiger partial charge in [-0.3, -0.25) is 0 Å². The van der Waals surface area contributed by atoms with Gasteiger partial charge in [-0.15, -0.1) is 11.3 Å². The van der Waals surface area contributed by atoms with Crippen molar-refractivity contribution in [3.63, 3.8) is 0 Å². The lowest BCUT2D eigenvalue weighted by Crippen LogP contribution is -2.02. The van der Waals surface area contributed by atoms with Crippen molar-refractivity contribution in [1.82, 2.24) is 5.32 Å². The Morgan fingerprint density at radius 1 is 1.25 bits per heavy atom. The fraction of sp³-hybridized carbons (Fsp3) is 0.231. The Balaban J connectivity index is 2.27. The van der Waals surface area contributed by atoms with E-state index >= 15 is 0 Å². The quantitative estimate of drug-likeness (QED) is 0.876. The fourth-order valence-corrected chi connectivity index (χ4v) is 2.59. The summed E-state index contributed by atoms with van der Waals surface area (Å²) in [7, 11) is 3.66. The van der Waals surface area contributed by atoms with Gasteiger partial charge in [0.25, 0.3) is 0 Å². The normalized spacial score (nSPS) is 10.4. The van der Waals surface area contributed by atoms with E-state index in [2.05, 4.69) is 29.6 Å². The molecule has 0 saturated carbocycles. The highest BCUT2D eigenvalue weighted by Gasteiger charge is 2.03. The van der Waals surface area contributed by atoms with Crippen LogP contribution in [0.4, 0.5) is 0 Å². The average Bonchev–Trinajstić information content (AvgIpc) is 2.78. The Hall–Kier alpha value is -1.32. The molecule has 2 rings (SSSR count). The van der Waals surface area contributed by atoms with Crippen LogP contribution >= 0.6 is 11.3 Å². The maximum atomic E-state index is 5.22. The summed E-state index contributed by atoms with van der Waals surface area (Å²) in [5, 5.41) is 3.16. The van der Waals surface area contributed by atoms with Crippen LogP contribution in [0.2, 0.25) is 0 Å². The van der Waals surface area contributed by atoms with Crippen LogP contribution in [0.3, 0.4) is 0 Å². The number of hydrogen-bond acceptors (Lipinski definition) is 3. The van der Waals surface area contributed by atoms with E-state index in [0.29, 0.717) is 0 Å². The summed E-state index contributed by atoms with van der Waals surface area (Å²) in [5.41, 5.74) is 1.21. The molecule has 16 heavy (non-hydrogen) atoms. The number of rotatable bonds is 4. The molecule has 0 radical (unpaired) electrons. The second kappa shape index (κ2) is 5.14. The molecule has 0 atom stereocenters. The van der Waals surface area contributed by atoms with Gasteiger partial charge in [0.2, 0.25) is 0 Å². The van der Waals surface area contributed by atoms with Gasteiger partial charge in [-0.2, -0.15) is 0 Å². The number of thiophene rings is 1. The molecule has 0 spiro atoms. The Bertz CT molecular complexity index is 464. The summed E-state index contributed by atoms with van der Waals surface area (Å²) in [4.78, 5) is 2.63. The minimum Gasteiger partial charge on any atom is -0.497 e. The third-order valence-corrected chi connectivity index (χ3v) is 3.50. The van der Waals surface area contributed by atoms with Crippen LogP contribution in [-0.4, -0.2) is 14.2 Å². The van der Waals surface area contributed by atoms with Crippen molar-refractivity contribution in [3.8, 4) is 16.2 Å². The van der Waals surface area contributed by atoms with E-state index in [9.17, 15) is 0 Å². The van der Waals surface area contributed by atoms with Gasteiger partial charge in [-0.05, 0) is 36.9 Å². The molecule has 0 unspecified atom stereocenters. The smallest absolute Gasteiger partial charge is 0.119 e. The highest BCUT2D eigenvalue weighted by atomic mass is 32.1. The molecule has 1 aromatic heterocycles. The summed E-state index contributed by atoms with van der Waals surface area (Å²) in [6.07, 6.45) is 0. The largest absolute Gasteiger partial charge is 0.497 e. The van der Waals surface area contributed by atoms with Gasteiger partial charge in [0.15, 0.2) is 0 Å². The number of ether oxygens (including phenoxy) is 1. The van der Waals surface area contributed by atoms with Gasteiger partial charge in [-0.25, -0.2) is 0 Å². The summed E-state index contributed by atoms with van der Waals surface area (Å²) >= 11 is 1.81. The minimum atomic E-state index is 0.904. The highest BCUT2D eigenvalue weighted by Crippen LogP contribution is 2.30. The van der Waals surface area contributed by atoms with Crippen molar-refractivity contribution in [2.75, 3.05) is 14.2 Å². The first-order valence-corrected chi connectivity index (χ1v) is 6.03. The zero-order valence-corrected chi connectivity index (χ0v) is 10.3. The molecule has 1 N–H and O–H groups in total. The third kappa shape index (κ3) is 2.43. The first kappa shape index (κ1) is 11.2. The molecule has 1 heterocycles. The molecule has 84 valence electrons. The van der Waals surface area contributed by atoms with Crippen molar-refractivity contribution in [2.45, 2.75) is 6.54 Å². The van der Waals surface area contributed by atoms with Gasteiger partial charge in [-0.1, -0.05) is 12.1 Å². The van der Waals surface area contributed by atoms with Gasteiger partial charge in [0, 0.05) is 16.3 Å². The SMILES string of the molecule is CNCc1ccc(-c2cccc(OC)c2)s1. The predicted octanol–water partition coefficient (Wildman–Crippen LogP) is 3.14. The van der Waals surface area contributed by atoms with Gasteiger partial charge in [0.05, 0.1) is 7.11 Å². The molecule has 0 amide bonds. The zero-order chi connectivity index (χ0) is 11.4. The van der Waals surface area contributed by atoms with Crippen LogP contribution in [-0.2, 0) is 6.54 Å². The second-order valence-corrected chi connectivity index (χ2v) is 4.70. The molecule has 2 nitrogen and oxygen atoms in total. The standard InChI is InChI=1S/C13H15NOS/c1-14-9-12-6-7-13(16-12)10-4-3-5-11(8-10)15-2/h3-8,14H,9H2,1-2H3. The zero-order valence-electron chi connectivity index (χ0n) is 9.49. The van der Waals surface area contributed by atoms with Crippen LogP contribution in [0.25, 0.3) is 10.4 Å². The second-order valence-electron chi connectivity index (χ2n) is 3.53. The average molecular weight is 233 g/mol. The number of benzene rings is 1. The number of hydrogen-bond donors (Lipinski definition) is 1.